The first-order valence-corrected chi connectivity index (χ1v) is 10.9. The van der Waals surface area contributed by atoms with Crippen molar-refractivity contribution < 1.29 is 4.79 Å². The lowest BCUT2D eigenvalue weighted by Gasteiger charge is -2.40. The van der Waals surface area contributed by atoms with E-state index in [1.54, 1.807) is 11.3 Å². The first kappa shape index (κ1) is 19.3. The molecule has 4 aromatic heterocycles. The lowest BCUT2D eigenvalue weighted by atomic mass is 9.95. The van der Waals surface area contributed by atoms with Gasteiger partial charge in [-0.25, -0.2) is 9.97 Å². The lowest BCUT2D eigenvalue weighted by molar-refractivity contribution is -0.127. The van der Waals surface area contributed by atoms with Crippen molar-refractivity contribution in [1.82, 2.24) is 24.7 Å². The van der Waals surface area contributed by atoms with Crippen LogP contribution in [0.5, 0.6) is 0 Å². The summed E-state index contributed by atoms with van der Waals surface area (Å²) in [6, 6.07) is 7.93. The monoisotopic (exact) mass is 440 g/mol. The van der Waals surface area contributed by atoms with Crippen LogP contribution in [-0.4, -0.2) is 38.3 Å². The second kappa shape index (κ2) is 6.92. The summed E-state index contributed by atoms with van der Waals surface area (Å²) in [5, 5.41) is 4.42. The van der Waals surface area contributed by atoms with Gasteiger partial charge in [-0.1, -0.05) is 6.07 Å². The van der Waals surface area contributed by atoms with Gasteiger partial charge in [-0.05, 0) is 50.6 Å². The molecule has 0 spiro atoms. The Balaban J connectivity index is 1.31. The third-order valence-electron chi connectivity index (χ3n) is 5.51. The predicted octanol–water partition coefficient (Wildman–Crippen LogP) is 3.79. The minimum absolute atomic E-state index is 0.0278. The van der Waals surface area contributed by atoms with Gasteiger partial charge >= 0.3 is 0 Å². The number of anilines is 1. The molecule has 5 heterocycles. The molecule has 1 aliphatic rings. The van der Waals surface area contributed by atoms with E-state index >= 15 is 0 Å². The van der Waals surface area contributed by atoms with Crippen LogP contribution in [0.2, 0.25) is 5.28 Å². The Hall–Kier alpha value is -2.71. The highest BCUT2D eigenvalue weighted by Gasteiger charge is 2.37. The highest BCUT2D eigenvalue weighted by Crippen LogP contribution is 2.35. The van der Waals surface area contributed by atoms with E-state index in [2.05, 4.69) is 31.2 Å². The Kier molecular flexibility index (Phi) is 4.44. The zero-order valence-corrected chi connectivity index (χ0v) is 18.5. The third kappa shape index (κ3) is 3.20. The van der Waals surface area contributed by atoms with Crippen LogP contribution >= 0.6 is 22.9 Å². The maximum atomic E-state index is 13.0. The van der Waals surface area contributed by atoms with Crippen LogP contribution < -0.4 is 10.2 Å². The van der Waals surface area contributed by atoms with Gasteiger partial charge < -0.3 is 14.6 Å². The van der Waals surface area contributed by atoms with Crippen molar-refractivity contribution in [2.24, 2.45) is 5.92 Å². The molecule has 30 heavy (non-hydrogen) atoms. The Morgan fingerprint density at radius 3 is 2.90 bits per heavy atom. The average Bonchev–Trinajstić information content (AvgIpc) is 3.23. The minimum atomic E-state index is -0.547. The molecule has 5 rings (SSSR count). The van der Waals surface area contributed by atoms with Gasteiger partial charge in [-0.3, -0.25) is 4.79 Å². The third-order valence-corrected chi connectivity index (χ3v) is 6.63. The molecular formula is C21H21ClN6OS. The van der Waals surface area contributed by atoms with Crippen molar-refractivity contribution >= 4 is 50.5 Å². The zero-order valence-electron chi connectivity index (χ0n) is 16.9. The molecule has 0 atom stereocenters. The number of halogens is 1. The first-order valence-electron chi connectivity index (χ1n) is 9.75. The molecule has 4 aromatic rings. The summed E-state index contributed by atoms with van der Waals surface area (Å²) in [6.45, 7) is 7.25. The number of thiophene rings is 1. The van der Waals surface area contributed by atoms with Crippen LogP contribution in [0.4, 0.5) is 5.82 Å². The highest BCUT2D eigenvalue weighted by atomic mass is 35.5. The maximum Gasteiger partial charge on any atom is 0.227 e. The van der Waals surface area contributed by atoms with Gasteiger partial charge in [-0.15, -0.1) is 11.3 Å². The van der Waals surface area contributed by atoms with Crippen LogP contribution in [0, 0.1) is 12.8 Å². The number of fused-ring (bicyclic) bond motifs is 2. The number of rotatable bonds is 4. The molecule has 154 valence electrons. The standard InChI is InChI=1S/C21H21ClN6OS/c1-12-8-14-17(24-20(22)25-19(14)30-12)27-10-13(11-27)18(29)26-21(2,3)15-9-23-16-6-4-5-7-28(15)16/h4-9,13H,10-11H2,1-3H3,(H,26,29). The van der Waals surface area contributed by atoms with Crippen molar-refractivity contribution in [1.29, 1.82) is 0 Å². The second-order valence-electron chi connectivity index (χ2n) is 8.18. The van der Waals surface area contributed by atoms with Gasteiger partial charge in [0.1, 0.15) is 16.3 Å². The number of carbonyl (C=O) groups is 1. The number of aromatic nitrogens is 4. The molecule has 1 amide bonds. The van der Waals surface area contributed by atoms with Crippen molar-refractivity contribution in [2.45, 2.75) is 26.3 Å². The van der Waals surface area contributed by atoms with Gasteiger partial charge in [0, 0.05) is 24.2 Å². The molecule has 0 radical (unpaired) electrons. The second-order valence-corrected chi connectivity index (χ2v) is 9.75. The maximum absolute atomic E-state index is 13.0. The molecule has 0 aliphatic carbocycles. The van der Waals surface area contributed by atoms with Gasteiger partial charge in [-0.2, -0.15) is 4.98 Å². The van der Waals surface area contributed by atoms with E-state index in [0.29, 0.717) is 13.1 Å². The summed E-state index contributed by atoms with van der Waals surface area (Å²) < 4.78 is 2.01. The molecule has 9 heteroatoms. The fourth-order valence-corrected chi connectivity index (χ4v) is 5.02. The first-order chi connectivity index (χ1) is 14.3. The summed E-state index contributed by atoms with van der Waals surface area (Å²) in [4.78, 5) is 30.3. The van der Waals surface area contributed by atoms with Crippen LogP contribution in [0.3, 0.4) is 0 Å². The summed E-state index contributed by atoms with van der Waals surface area (Å²) in [7, 11) is 0. The smallest absolute Gasteiger partial charge is 0.227 e. The summed E-state index contributed by atoms with van der Waals surface area (Å²) in [6.07, 6.45) is 3.78. The fraction of sp³-hybridized carbons (Fsp3) is 0.333. The van der Waals surface area contributed by atoms with Gasteiger partial charge in [0.2, 0.25) is 11.2 Å². The number of hydrogen-bond acceptors (Lipinski definition) is 6. The van der Waals surface area contributed by atoms with E-state index in [4.69, 9.17) is 11.6 Å². The van der Waals surface area contributed by atoms with E-state index in [9.17, 15) is 4.79 Å². The number of nitrogens with zero attached hydrogens (tertiary/aromatic N) is 5. The number of pyridine rings is 1. The topological polar surface area (TPSA) is 75.4 Å². The SMILES string of the molecule is Cc1cc2c(N3CC(C(=O)NC(C)(C)c4cnc5ccccn45)C3)nc(Cl)nc2s1. The molecule has 1 aliphatic heterocycles. The quantitative estimate of drug-likeness (QED) is 0.488. The van der Waals surface area contributed by atoms with Crippen LogP contribution in [0.1, 0.15) is 24.4 Å². The van der Waals surface area contributed by atoms with Crippen LogP contribution in [0.15, 0.2) is 36.7 Å². The fourth-order valence-electron chi connectivity index (χ4n) is 3.93. The Bertz CT molecular complexity index is 1270. The molecule has 7 nitrogen and oxygen atoms in total. The van der Waals surface area contributed by atoms with Crippen molar-refractivity contribution in [3.8, 4) is 0 Å². The normalized spacial score (nSPS) is 15.0. The molecular weight excluding hydrogens is 420 g/mol. The molecule has 1 fully saturated rings. The van der Waals surface area contributed by atoms with E-state index < -0.39 is 5.54 Å². The number of amides is 1. The summed E-state index contributed by atoms with van der Waals surface area (Å²) in [5.41, 5.74) is 1.26. The molecule has 0 aromatic carbocycles. The number of carbonyl (C=O) groups excluding carboxylic acids is 1. The van der Waals surface area contributed by atoms with Crippen molar-refractivity contribution in [3.63, 3.8) is 0 Å². The average molecular weight is 441 g/mol. The van der Waals surface area contributed by atoms with Gasteiger partial charge in [0.25, 0.3) is 0 Å². The van der Waals surface area contributed by atoms with E-state index in [0.717, 1.165) is 32.3 Å². The molecule has 0 unspecified atom stereocenters. The number of nitrogens with one attached hydrogen (secondary N) is 1. The number of aryl methyl sites for hydroxylation is 1. The van der Waals surface area contributed by atoms with E-state index in [-0.39, 0.29) is 17.1 Å². The predicted molar refractivity (Wildman–Crippen MR) is 119 cm³/mol. The largest absolute Gasteiger partial charge is 0.354 e. The van der Waals surface area contributed by atoms with Gasteiger partial charge in [0.05, 0.1) is 28.7 Å². The van der Waals surface area contributed by atoms with E-state index in [1.165, 1.54) is 0 Å². The zero-order chi connectivity index (χ0) is 21.0. The van der Waals surface area contributed by atoms with Crippen molar-refractivity contribution in [2.75, 3.05) is 18.0 Å². The van der Waals surface area contributed by atoms with Crippen molar-refractivity contribution in [3.05, 3.63) is 52.5 Å². The van der Waals surface area contributed by atoms with E-state index in [1.807, 2.05) is 55.8 Å². The molecule has 0 saturated carbocycles. The van der Waals surface area contributed by atoms with Crippen LogP contribution in [-0.2, 0) is 10.3 Å². The van der Waals surface area contributed by atoms with Gasteiger partial charge in [0.15, 0.2) is 0 Å². The summed E-state index contributed by atoms with van der Waals surface area (Å²) in [5.74, 6) is 0.728. The number of hydrogen-bond donors (Lipinski definition) is 1. The molecule has 0 bridgehead atoms. The number of imidazole rings is 1. The van der Waals surface area contributed by atoms with Crippen LogP contribution in [0.25, 0.3) is 15.9 Å². The Morgan fingerprint density at radius 2 is 2.10 bits per heavy atom. The molecule has 1 saturated heterocycles. The highest BCUT2D eigenvalue weighted by molar-refractivity contribution is 7.18. The lowest BCUT2D eigenvalue weighted by Crippen LogP contribution is -2.57. The molecule has 1 N–H and O–H groups in total. The Labute approximate surface area is 182 Å². The summed E-state index contributed by atoms with van der Waals surface area (Å²) >= 11 is 7.72. The Morgan fingerprint density at radius 1 is 1.30 bits per heavy atom. The minimum Gasteiger partial charge on any atom is -0.354 e.